The summed E-state index contributed by atoms with van der Waals surface area (Å²) in [6, 6.07) is 4.51. The van der Waals surface area contributed by atoms with Crippen molar-refractivity contribution in [2.75, 3.05) is 19.0 Å². The minimum Gasteiger partial charge on any atom is -0.467 e. The molecular formula is C15H20N4O2. The number of aryl methyl sites for hydroxylation is 2. The molecule has 21 heavy (non-hydrogen) atoms. The molecule has 0 aliphatic rings. The Labute approximate surface area is 124 Å². The molecule has 6 nitrogen and oxygen atoms in total. The molecule has 0 unspecified atom stereocenters. The number of rotatable bonds is 5. The number of methoxy groups -OCH3 is 1. The molecule has 1 aromatic carbocycles. The first-order valence-corrected chi connectivity index (χ1v) is 6.83. The van der Waals surface area contributed by atoms with Gasteiger partial charge in [-0.3, -0.25) is 0 Å². The van der Waals surface area contributed by atoms with Crippen LogP contribution in [0, 0.1) is 20.8 Å². The van der Waals surface area contributed by atoms with E-state index in [4.69, 9.17) is 9.47 Å². The smallest absolute Gasteiger partial charge is 0.330 e. The summed E-state index contributed by atoms with van der Waals surface area (Å²) < 4.78 is 10.9. The molecule has 0 bridgehead atoms. The number of aromatic nitrogens is 3. The molecule has 1 heterocycles. The van der Waals surface area contributed by atoms with E-state index in [0.717, 1.165) is 22.4 Å². The Morgan fingerprint density at radius 3 is 2.43 bits per heavy atom. The van der Waals surface area contributed by atoms with E-state index in [1.807, 2.05) is 33.8 Å². The Morgan fingerprint density at radius 1 is 1.05 bits per heavy atom. The molecular weight excluding hydrogens is 268 g/mol. The molecule has 0 aliphatic heterocycles. The molecule has 0 amide bonds. The third kappa shape index (κ3) is 3.59. The van der Waals surface area contributed by atoms with Gasteiger partial charge in [-0.25, -0.2) is 0 Å². The van der Waals surface area contributed by atoms with E-state index < -0.39 is 0 Å². The standard InChI is InChI=1S/C15H20N4O2/c1-6-16-13-17-14(20-5)19-15(18-13)21-12-8-9(2)7-10(3)11(12)4/h7-8H,6H2,1-5H3,(H,16,17,18,19). The van der Waals surface area contributed by atoms with Crippen LogP contribution in [0.4, 0.5) is 5.95 Å². The average Bonchev–Trinajstić information content (AvgIpc) is 2.44. The summed E-state index contributed by atoms with van der Waals surface area (Å²) in [5, 5.41) is 3.02. The highest BCUT2D eigenvalue weighted by molar-refractivity contribution is 5.43. The maximum Gasteiger partial charge on any atom is 0.330 e. The molecule has 0 saturated carbocycles. The second-order valence-electron chi connectivity index (χ2n) is 4.77. The van der Waals surface area contributed by atoms with Crippen LogP contribution >= 0.6 is 0 Å². The predicted octanol–water partition coefficient (Wildman–Crippen LogP) is 3.03. The van der Waals surface area contributed by atoms with Crippen molar-refractivity contribution in [3.8, 4) is 17.8 Å². The van der Waals surface area contributed by atoms with Gasteiger partial charge in [-0.2, -0.15) is 9.97 Å². The Kier molecular flexibility index (Phi) is 4.57. The van der Waals surface area contributed by atoms with Gasteiger partial charge in [-0.05, 0) is 50.5 Å². The lowest BCUT2D eigenvalue weighted by molar-refractivity contribution is 0.359. The molecule has 2 rings (SSSR count). The quantitative estimate of drug-likeness (QED) is 0.912. The number of anilines is 1. The number of ether oxygens (including phenoxy) is 2. The van der Waals surface area contributed by atoms with Crippen LogP contribution in [-0.4, -0.2) is 28.6 Å². The number of hydrogen-bond donors (Lipinski definition) is 1. The van der Waals surface area contributed by atoms with Crippen molar-refractivity contribution in [3.63, 3.8) is 0 Å². The topological polar surface area (TPSA) is 69.2 Å². The van der Waals surface area contributed by atoms with Gasteiger partial charge in [0, 0.05) is 6.54 Å². The highest BCUT2D eigenvalue weighted by atomic mass is 16.5. The number of benzene rings is 1. The second kappa shape index (κ2) is 6.39. The third-order valence-corrected chi connectivity index (χ3v) is 3.08. The van der Waals surface area contributed by atoms with Gasteiger partial charge in [-0.15, -0.1) is 4.98 Å². The first kappa shape index (κ1) is 15.0. The molecule has 6 heteroatoms. The van der Waals surface area contributed by atoms with Gasteiger partial charge >= 0.3 is 12.0 Å². The zero-order valence-electron chi connectivity index (χ0n) is 13.0. The number of hydrogen-bond acceptors (Lipinski definition) is 6. The maximum atomic E-state index is 5.82. The molecule has 0 spiro atoms. The summed E-state index contributed by atoms with van der Waals surface area (Å²) in [4.78, 5) is 12.5. The van der Waals surface area contributed by atoms with Crippen molar-refractivity contribution in [2.45, 2.75) is 27.7 Å². The van der Waals surface area contributed by atoms with Gasteiger partial charge < -0.3 is 14.8 Å². The summed E-state index contributed by atoms with van der Waals surface area (Å²) in [5.41, 5.74) is 3.35. The SMILES string of the molecule is CCNc1nc(OC)nc(Oc2cc(C)cc(C)c2C)n1. The molecule has 112 valence electrons. The first-order chi connectivity index (χ1) is 10.0. The Morgan fingerprint density at radius 2 is 1.76 bits per heavy atom. The van der Waals surface area contributed by atoms with Gasteiger partial charge in [-0.1, -0.05) is 6.07 Å². The fraction of sp³-hybridized carbons (Fsp3) is 0.400. The van der Waals surface area contributed by atoms with Crippen molar-refractivity contribution in [1.29, 1.82) is 0 Å². The Bertz CT molecular complexity index is 644. The summed E-state index contributed by atoms with van der Waals surface area (Å²) in [6.45, 7) is 8.75. The Balaban J connectivity index is 2.37. The highest BCUT2D eigenvalue weighted by Crippen LogP contribution is 2.27. The van der Waals surface area contributed by atoms with E-state index in [-0.39, 0.29) is 12.0 Å². The Hall–Kier alpha value is -2.37. The summed E-state index contributed by atoms with van der Waals surface area (Å²) in [5.74, 6) is 1.17. The van der Waals surface area contributed by atoms with Crippen LogP contribution in [0.3, 0.4) is 0 Å². The van der Waals surface area contributed by atoms with Crippen LogP contribution in [0.5, 0.6) is 17.8 Å². The largest absolute Gasteiger partial charge is 0.467 e. The lowest BCUT2D eigenvalue weighted by atomic mass is 10.1. The van der Waals surface area contributed by atoms with Crippen molar-refractivity contribution in [2.24, 2.45) is 0 Å². The zero-order valence-corrected chi connectivity index (χ0v) is 13.0. The predicted molar refractivity (Wildman–Crippen MR) is 81.3 cm³/mol. The first-order valence-electron chi connectivity index (χ1n) is 6.83. The van der Waals surface area contributed by atoms with Gasteiger partial charge in [0.2, 0.25) is 5.95 Å². The van der Waals surface area contributed by atoms with E-state index in [0.29, 0.717) is 12.5 Å². The average molecular weight is 288 g/mol. The number of nitrogens with one attached hydrogen (secondary N) is 1. The fourth-order valence-electron chi connectivity index (χ4n) is 1.92. The third-order valence-electron chi connectivity index (χ3n) is 3.08. The number of nitrogens with zero attached hydrogens (tertiary/aromatic N) is 3. The van der Waals surface area contributed by atoms with Gasteiger partial charge in [0.05, 0.1) is 7.11 Å². The molecule has 0 radical (unpaired) electrons. The molecule has 1 N–H and O–H groups in total. The fourth-order valence-corrected chi connectivity index (χ4v) is 1.92. The van der Waals surface area contributed by atoms with E-state index in [1.54, 1.807) is 0 Å². The van der Waals surface area contributed by atoms with Crippen molar-refractivity contribution < 1.29 is 9.47 Å². The summed E-state index contributed by atoms with van der Waals surface area (Å²) in [6.07, 6.45) is 0. The van der Waals surface area contributed by atoms with Gasteiger partial charge in [0.25, 0.3) is 0 Å². The summed E-state index contributed by atoms with van der Waals surface area (Å²) >= 11 is 0. The van der Waals surface area contributed by atoms with Crippen molar-refractivity contribution in [1.82, 2.24) is 15.0 Å². The van der Waals surface area contributed by atoms with E-state index in [2.05, 4.69) is 26.3 Å². The lowest BCUT2D eigenvalue weighted by Gasteiger charge is -2.12. The minimum absolute atomic E-state index is 0.214. The normalized spacial score (nSPS) is 10.3. The molecule has 1 aromatic heterocycles. The van der Waals surface area contributed by atoms with E-state index in [9.17, 15) is 0 Å². The molecule has 0 atom stereocenters. The summed E-state index contributed by atoms with van der Waals surface area (Å²) in [7, 11) is 1.51. The van der Waals surface area contributed by atoms with Gasteiger partial charge in [0.1, 0.15) is 5.75 Å². The van der Waals surface area contributed by atoms with E-state index >= 15 is 0 Å². The van der Waals surface area contributed by atoms with Crippen LogP contribution in [0.25, 0.3) is 0 Å². The highest BCUT2D eigenvalue weighted by Gasteiger charge is 2.11. The zero-order chi connectivity index (χ0) is 15.4. The van der Waals surface area contributed by atoms with E-state index in [1.165, 1.54) is 7.11 Å². The van der Waals surface area contributed by atoms with Crippen LogP contribution in [0.15, 0.2) is 12.1 Å². The lowest BCUT2D eigenvalue weighted by Crippen LogP contribution is -2.06. The minimum atomic E-state index is 0.214. The molecule has 0 fully saturated rings. The molecule has 0 aliphatic carbocycles. The van der Waals surface area contributed by atoms with Crippen LogP contribution in [0.2, 0.25) is 0 Å². The second-order valence-corrected chi connectivity index (χ2v) is 4.77. The maximum absolute atomic E-state index is 5.82. The van der Waals surface area contributed by atoms with Crippen molar-refractivity contribution in [3.05, 3.63) is 28.8 Å². The van der Waals surface area contributed by atoms with Crippen LogP contribution in [0.1, 0.15) is 23.6 Å². The monoisotopic (exact) mass is 288 g/mol. The molecule has 0 saturated heterocycles. The van der Waals surface area contributed by atoms with Crippen LogP contribution < -0.4 is 14.8 Å². The van der Waals surface area contributed by atoms with Crippen LogP contribution in [-0.2, 0) is 0 Å². The molecule has 2 aromatic rings. The van der Waals surface area contributed by atoms with Gasteiger partial charge in [0.15, 0.2) is 0 Å². The van der Waals surface area contributed by atoms with Crippen molar-refractivity contribution >= 4 is 5.95 Å².